The summed E-state index contributed by atoms with van der Waals surface area (Å²) in [4.78, 5) is 33.0. The molecule has 0 saturated heterocycles. The monoisotopic (exact) mass is 343 g/mol. The number of carboxylic acids is 1. The van der Waals surface area contributed by atoms with Crippen molar-refractivity contribution in [1.82, 2.24) is 5.32 Å². The van der Waals surface area contributed by atoms with Gasteiger partial charge in [-0.25, -0.2) is 0 Å². The van der Waals surface area contributed by atoms with Crippen molar-refractivity contribution in [2.45, 2.75) is 26.3 Å². The molecule has 0 aliphatic rings. The van der Waals surface area contributed by atoms with Crippen LogP contribution < -0.4 is 10.6 Å². The lowest BCUT2D eigenvalue weighted by atomic mass is 9.99. The molecule has 8 nitrogen and oxygen atoms in total. The number of rotatable bonds is 8. The van der Waals surface area contributed by atoms with Crippen LogP contribution in [0.25, 0.3) is 0 Å². The molecule has 2 atom stereocenters. The number of anilines is 1. The molecule has 1 aromatic rings. The maximum atomic E-state index is 11.9. The Balaban J connectivity index is 2.66. The predicted molar refractivity (Wildman–Crippen MR) is 85.6 cm³/mol. The van der Waals surface area contributed by atoms with Crippen molar-refractivity contribution in [3.05, 3.63) is 33.3 Å². The highest BCUT2D eigenvalue weighted by Gasteiger charge is 2.23. The summed E-state index contributed by atoms with van der Waals surface area (Å²) in [5.41, 5.74) is 0.0355. The smallest absolute Gasteiger partial charge is 0.320 e. The minimum Gasteiger partial charge on any atom is -0.480 e. The van der Waals surface area contributed by atoms with E-state index in [9.17, 15) is 19.7 Å². The Morgan fingerprint density at radius 3 is 2.57 bits per heavy atom. The number of halogens is 1. The normalized spacial score (nSPS) is 13.2. The molecule has 0 radical (unpaired) electrons. The number of nitro benzene ring substituents is 1. The van der Waals surface area contributed by atoms with E-state index in [1.807, 2.05) is 6.92 Å². The number of carbonyl (C=O) groups excluding carboxylic acids is 1. The van der Waals surface area contributed by atoms with E-state index in [0.29, 0.717) is 6.42 Å². The number of hydrogen-bond acceptors (Lipinski definition) is 5. The molecule has 0 bridgehead atoms. The van der Waals surface area contributed by atoms with Crippen molar-refractivity contribution in [1.29, 1.82) is 0 Å². The van der Waals surface area contributed by atoms with Gasteiger partial charge in [0.1, 0.15) is 6.04 Å². The van der Waals surface area contributed by atoms with Crippen LogP contribution in [0.2, 0.25) is 5.02 Å². The van der Waals surface area contributed by atoms with Crippen LogP contribution >= 0.6 is 11.6 Å². The average molecular weight is 344 g/mol. The third kappa shape index (κ3) is 5.50. The first kappa shape index (κ1) is 18.9. The molecule has 0 spiro atoms. The Hall–Kier alpha value is -2.19. The molecule has 23 heavy (non-hydrogen) atoms. The van der Waals surface area contributed by atoms with Crippen molar-refractivity contribution >= 4 is 34.9 Å². The van der Waals surface area contributed by atoms with Crippen LogP contribution in [0.5, 0.6) is 0 Å². The highest BCUT2D eigenvalue weighted by molar-refractivity contribution is 6.34. The van der Waals surface area contributed by atoms with Gasteiger partial charge in [-0.3, -0.25) is 25.0 Å². The highest BCUT2D eigenvalue weighted by atomic mass is 35.5. The second kappa shape index (κ2) is 8.44. The van der Waals surface area contributed by atoms with Gasteiger partial charge in [-0.05, 0) is 12.0 Å². The van der Waals surface area contributed by atoms with E-state index in [4.69, 9.17) is 16.7 Å². The summed E-state index contributed by atoms with van der Waals surface area (Å²) in [5.74, 6) is -1.65. The van der Waals surface area contributed by atoms with Crippen LogP contribution in [0.15, 0.2) is 18.2 Å². The minimum absolute atomic E-state index is 0.0317. The summed E-state index contributed by atoms with van der Waals surface area (Å²) in [5, 5.41) is 24.9. The molecule has 1 aromatic carbocycles. The number of non-ortho nitro benzene ring substituents is 1. The molecule has 126 valence electrons. The van der Waals surface area contributed by atoms with Gasteiger partial charge in [0.05, 0.1) is 22.2 Å². The van der Waals surface area contributed by atoms with Crippen molar-refractivity contribution in [3.63, 3.8) is 0 Å². The summed E-state index contributed by atoms with van der Waals surface area (Å²) < 4.78 is 0. The van der Waals surface area contributed by atoms with Crippen LogP contribution in [-0.4, -0.2) is 34.5 Å². The van der Waals surface area contributed by atoms with Crippen molar-refractivity contribution in [2.75, 3.05) is 11.9 Å². The first-order valence-electron chi connectivity index (χ1n) is 6.96. The van der Waals surface area contributed by atoms with Crippen molar-refractivity contribution < 1.29 is 19.6 Å². The van der Waals surface area contributed by atoms with Crippen LogP contribution in [0, 0.1) is 16.0 Å². The molecular weight excluding hydrogens is 326 g/mol. The van der Waals surface area contributed by atoms with Gasteiger partial charge in [-0.2, -0.15) is 0 Å². The largest absolute Gasteiger partial charge is 0.480 e. The summed E-state index contributed by atoms with van der Waals surface area (Å²) in [6.07, 6.45) is 0.653. The van der Waals surface area contributed by atoms with E-state index >= 15 is 0 Å². The number of carbonyl (C=O) groups is 2. The topological polar surface area (TPSA) is 122 Å². The molecule has 3 N–H and O–H groups in total. The lowest BCUT2D eigenvalue weighted by Crippen LogP contribution is -2.45. The summed E-state index contributed by atoms with van der Waals surface area (Å²) in [6, 6.07) is 2.83. The fourth-order valence-electron chi connectivity index (χ4n) is 1.88. The highest BCUT2D eigenvalue weighted by Crippen LogP contribution is 2.26. The zero-order chi connectivity index (χ0) is 17.6. The Kier molecular flexibility index (Phi) is 6.92. The average Bonchev–Trinajstić information content (AvgIpc) is 2.48. The zero-order valence-electron chi connectivity index (χ0n) is 12.7. The van der Waals surface area contributed by atoms with Gasteiger partial charge in [0, 0.05) is 12.1 Å². The Bertz CT molecular complexity index is 608. The molecule has 0 saturated carbocycles. The van der Waals surface area contributed by atoms with Gasteiger partial charge < -0.3 is 10.4 Å². The van der Waals surface area contributed by atoms with E-state index in [0.717, 1.165) is 6.07 Å². The van der Waals surface area contributed by atoms with Crippen LogP contribution in [-0.2, 0) is 9.59 Å². The second-order valence-electron chi connectivity index (χ2n) is 5.05. The van der Waals surface area contributed by atoms with E-state index in [1.54, 1.807) is 6.92 Å². The number of benzene rings is 1. The van der Waals surface area contributed by atoms with E-state index in [-0.39, 0.29) is 28.9 Å². The van der Waals surface area contributed by atoms with Gasteiger partial charge in [-0.15, -0.1) is 0 Å². The second-order valence-corrected chi connectivity index (χ2v) is 5.46. The number of hydrogen-bond donors (Lipinski definition) is 3. The summed E-state index contributed by atoms with van der Waals surface area (Å²) >= 11 is 5.87. The standard InChI is InChI=1S/C14H18ClN3O5/c1-3-8(2)13(14(20)21)16-7-12(19)17-11-5-4-9(18(22)23)6-10(11)15/h4-6,8,13,16H,3,7H2,1-2H3,(H,17,19)(H,20,21)/t8-,13-/m0/s1. The molecule has 1 amide bonds. The molecule has 0 heterocycles. The molecule has 0 aliphatic carbocycles. The molecule has 0 aliphatic heterocycles. The number of carboxylic acid groups (broad SMARTS) is 1. The van der Waals surface area contributed by atoms with Crippen LogP contribution in [0.4, 0.5) is 11.4 Å². The number of nitrogens with one attached hydrogen (secondary N) is 2. The van der Waals surface area contributed by atoms with Crippen molar-refractivity contribution in [2.24, 2.45) is 5.92 Å². The fourth-order valence-corrected chi connectivity index (χ4v) is 2.11. The molecule has 9 heteroatoms. The quantitative estimate of drug-likeness (QED) is 0.491. The first-order chi connectivity index (χ1) is 10.8. The Morgan fingerprint density at radius 1 is 1.43 bits per heavy atom. The third-order valence-electron chi connectivity index (χ3n) is 3.40. The van der Waals surface area contributed by atoms with Gasteiger partial charge in [0.2, 0.25) is 5.91 Å². The van der Waals surface area contributed by atoms with Crippen LogP contribution in [0.3, 0.4) is 0 Å². The van der Waals surface area contributed by atoms with Gasteiger partial charge in [0.15, 0.2) is 0 Å². The Labute approximate surface area is 138 Å². The lowest BCUT2D eigenvalue weighted by molar-refractivity contribution is -0.384. The summed E-state index contributed by atoms with van der Waals surface area (Å²) in [7, 11) is 0. The third-order valence-corrected chi connectivity index (χ3v) is 3.71. The number of amides is 1. The van der Waals surface area contributed by atoms with Gasteiger partial charge in [0.25, 0.3) is 5.69 Å². The zero-order valence-corrected chi connectivity index (χ0v) is 13.5. The maximum Gasteiger partial charge on any atom is 0.320 e. The van der Waals surface area contributed by atoms with E-state index in [2.05, 4.69) is 10.6 Å². The molecule has 0 unspecified atom stereocenters. The maximum absolute atomic E-state index is 11.9. The summed E-state index contributed by atoms with van der Waals surface area (Å²) in [6.45, 7) is 3.42. The van der Waals surface area contributed by atoms with E-state index < -0.39 is 22.8 Å². The van der Waals surface area contributed by atoms with Gasteiger partial charge >= 0.3 is 5.97 Å². The molecule has 0 fully saturated rings. The molecular formula is C14H18ClN3O5. The van der Waals surface area contributed by atoms with E-state index in [1.165, 1.54) is 12.1 Å². The fraction of sp³-hybridized carbons (Fsp3) is 0.429. The molecule has 1 rings (SSSR count). The first-order valence-corrected chi connectivity index (χ1v) is 7.34. The lowest BCUT2D eigenvalue weighted by Gasteiger charge is -2.19. The Morgan fingerprint density at radius 2 is 2.09 bits per heavy atom. The number of aliphatic carboxylic acids is 1. The molecule has 0 aromatic heterocycles. The number of nitro groups is 1. The van der Waals surface area contributed by atoms with Gasteiger partial charge in [-0.1, -0.05) is 31.9 Å². The minimum atomic E-state index is -1.03. The van der Waals surface area contributed by atoms with Crippen molar-refractivity contribution in [3.8, 4) is 0 Å². The predicted octanol–water partition coefficient (Wildman–Crippen LogP) is 2.28. The number of nitrogens with zero attached hydrogens (tertiary/aromatic N) is 1. The SMILES string of the molecule is CC[C@H](C)[C@H](NCC(=O)Nc1ccc([N+](=O)[O-])cc1Cl)C(=O)O. The van der Waals surface area contributed by atoms with Crippen LogP contribution in [0.1, 0.15) is 20.3 Å².